The van der Waals surface area contributed by atoms with E-state index in [0.717, 1.165) is 5.75 Å². The van der Waals surface area contributed by atoms with Crippen molar-refractivity contribution in [2.75, 3.05) is 0 Å². The van der Waals surface area contributed by atoms with Crippen LogP contribution in [0.25, 0.3) is 0 Å². The second-order valence-electron chi connectivity index (χ2n) is 2.35. The van der Waals surface area contributed by atoms with Gasteiger partial charge in [-0.2, -0.15) is 0 Å². The lowest BCUT2D eigenvalue weighted by molar-refractivity contribution is 0.226. The molecule has 1 aromatic rings. The molecule has 1 aromatic carbocycles. The van der Waals surface area contributed by atoms with Crippen LogP contribution in [-0.4, -0.2) is 18.8 Å². The molecule has 1 aliphatic heterocycles. The van der Waals surface area contributed by atoms with Crippen molar-refractivity contribution < 1.29 is 4.74 Å². The van der Waals surface area contributed by atoms with Gasteiger partial charge in [-0.15, -0.1) is 0 Å². The van der Waals surface area contributed by atoms with Crippen molar-refractivity contribution in [1.29, 1.82) is 0 Å². The van der Waals surface area contributed by atoms with Gasteiger partial charge in [-0.05, 0) is 12.1 Å². The molecule has 0 saturated heterocycles. The number of para-hydroxylation sites is 1. The average molecular weight is 160 g/mol. The minimum Gasteiger partial charge on any atom is -0.449 e. The Morgan fingerprint density at radius 3 is 2.33 bits per heavy atom. The second kappa shape index (κ2) is 3.17. The molecule has 12 heavy (non-hydrogen) atoms. The van der Waals surface area contributed by atoms with Gasteiger partial charge in [0.05, 0.1) is 0 Å². The summed E-state index contributed by atoms with van der Waals surface area (Å²) >= 11 is 0. The maximum Gasteiger partial charge on any atom is 0.287 e. The van der Waals surface area contributed by atoms with E-state index in [1.54, 1.807) is 12.4 Å². The van der Waals surface area contributed by atoms with Crippen LogP contribution in [0.2, 0.25) is 0 Å². The number of benzene rings is 1. The van der Waals surface area contributed by atoms with E-state index in [4.69, 9.17) is 4.74 Å². The molecule has 1 heterocycles. The zero-order valence-electron chi connectivity index (χ0n) is 6.42. The zero-order chi connectivity index (χ0) is 8.23. The summed E-state index contributed by atoms with van der Waals surface area (Å²) in [7, 11) is 0. The molecule has 0 radical (unpaired) electrons. The fourth-order valence-corrected chi connectivity index (χ4v) is 0.944. The highest BCUT2D eigenvalue weighted by Crippen LogP contribution is 2.12. The molecule has 0 N–H and O–H groups in total. The Balaban J connectivity index is 2.04. The van der Waals surface area contributed by atoms with Crippen LogP contribution < -0.4 is 4.74 Å². The largest absolute Gasteiger partial charge is 0.449 e. The van der Waals surface area contributed by atoms with Crippen LogP contribution in [0, 0.1) is 0 Å². The van der Waals surface area contributed by atoms with Crippen LogP contribution in [0.3, 0.4) is 0 Å². The van der Waals surface area contributed by atoms with Crippen LogP contribution >= 0.6 is 0 Å². The molecular weight excluding hydrogens is 152 g/mol. The maximum atomic E-state index is 5.38. The average Bonchev–Trinajstić information content (AvgIpc) is 2.59. The summed E-state index contributed by atoms with van der Waals surface area (Å²) in [5, 5.41) is 0. The molecule has 3 heteroatoms. The van der Waals surface area contributed by atoms with Gasteiger partial charge in [-0.3, -0.25) is 0 Å². The molecule has 2 rings (SSSR count). The van der Waals surface area contributed by atoms with Crippen molar-refractivity contribution in [1.82, 2.24) is 0 Å². The Bertz CT molecular complexity index is 294. The van der Waals surface area contributed by atoms with Crippen LogP contribution in [0.15, 0.2) is 40.3 Å². The van der Waals surface area contributed by atoms with Gasteiger partial charge in [-0.1, -0.05) is 18.2 Å². The van der Waals surface area contributed by atoms with E-state index >= 15 is 0 Å². The van der Waals surface area contributed by atoms with Gasteiger partial charge >= 0.3 is 0 Å². The van der Waals surface area contributed by atoms with Gasteiger partial charge in [-0.25, -0.2) is 9.98 Å². The topological polar surface area (TPSA) is 34.0 Å². The van der Waals surface area contributed by atoms with Gasteiger partial charge in [0.25, 0.3) is 6.35 Å². The van der Waals surface area contributed by atoms with Gasteiger partial charge in [0.2, 0.25) is 0 Å². The van der Waals surface area contributed by atoms with Crippen molar-refractivity contribution in [3.63, 3.8) is 0 Å². The minimum atomic E-state index is -0.382. The zero-order valence-corrected chi connectivity index (χ0v) is 6.42. The number of ether oxygens (including phenoxy) is 1. The molecule has 0 aliphatic carbocycles. The maximum absolute atomic E-state index is 5.38. The smallest absolute Gasteiger partial charge is 0.287 e. The van der Waals surface area contributed by atoms with Crippen LogP contribution in [0.4, 0.5) is 0 Å². The minimum absolute atomic E-state index is 0.382. The van der Waals surface area contributed by atoms with Crippen molar-refractivity contribution in [2.24, 2.45) is 9.98 Å². The number of nitrogens with zero attached hydrogens (tertiary/aromatic N) is 2. The lowest BCUT2D eigenvalue weighted by Gasteiger charge is -2.06. The summed E-state index contributed by atoms with van der Waals surface area (Å²) in [6.07, 6.45) is 2.88. The van der Waals surface area contributed by atoms with E-state index in [2.05, 4.69) is 9.98 Å². The van der Waals surface area contributed by atoms with E-state index in [0.29, 0.717) is 0 Å². The Morgan fingerprint density at radius 2 is 1.67 bits per heavy atom. The lowest BCUT2D eigenvalue weighted by Crippen LogP contribution is -2.07. The van der Waals surface area contributed by atoms with Gasteiger partial charge < -0.3 is 4.74 Å². The third kappa shape index (κ3) is 1.50. The molecule has 0 unspecified atom stereocenters. The second-order valence-corrected chi connectivity index (χ2v) is 2.35. The molecular formula is C9H8N2O. The highest BCUT2D eigenvalue weighted by atomic mass is 16.5. The lowest BCUT2D eigenvalue weighted by atomic mass is 10.3. The standard InChI is InChI=1S/C9H8N2O/c1-2-4-8(5-3-1)12-9-10-6-7-11-9/h1-7,9H. The number of rotatable bonds is 2. The van der Waals surface area contributed by atoms with Crippen LogP contribution in [0.1, 0.15) is 0 Å². The number of hydrogen-bond acceptors (Lipinski definition) is 3. The van der Waals surface area contributed by atoms with Crippen molar-refractivity contribution in [3.8, 4) is 5.75 Å². The summed E-state index contributed by atoms with van der Waals surface area (Å²) in [4.78, 5) is 7.92. The van der Waals surface area contributed by atoms with Gasteiger partial charge in [0.1, 0.15) is 5.75 Å². The number of hydrogen-bond donors (Lipinski definition) is 0. The molecule has 0 spiro atoms. The van der Waals surface area contributed by atoms with E-state index in [9.17, 15) is 0 Å². The molecule has 0 bridgehead atoms. The Labute approximate surface area is 70.4 Å². The summed E-state index contributed by atoms with van der Waals surface area (Å²) < 4.78 is 5.38. The van der Waals surface area contributed by atoms with Crippen molar-refractivity contribution in [3.05, 3.63) is 30.3 Å². The molecule has 3 nitrogen and oxygen atoms in total. The predicted octanol–water partition coefficient (Wildman–Crippen LogP) is 1.50. The van der Waals surface area contributed by atoms with E-state index in [1.165, 1.54) is 0 Å². The first-order valence-corrected chi connectivity index (χ1v) is 3.72. The summed E-state index contributed by atoms with van der Waals surface area (Å²) in [6.45, 7) is 0. The fraction of sp³-hybridized carbons (Fsp3) is 0.111. The Morgan fingerprint density at radius 1 is 1.00 bits per heavy atom. The molecule has 1 aliphatic rings. The fourth-order valence-electron chi connectivity index (χ4n) is 0.944. The monoisotopic (exact) mass is 160 g/mol. The quantitative estimate of drug-likeness (QED) is 0.645. The Kier molecular flexibility index (Phi) is 1.86. The number of aliphatic imine (C=N–C) groups is 2. The third-order valence-electron chi connectivity index (χ3n) is 1.48. The first-order chi connectivity index (χ1) is 5.95. The molecule has 0 amide bonds. The first-order valence-electron chi connectivity index (χ1n) is 3.72. The van der Waals surface area contributed by atoms with E-state index < -0.39 is 0 Å². The van der Waals surface area contributed by atoms with Crippen molar-refractivity contribution >= 4 is 12.4 Å². The van der Waals surface area contributed by atoms with Gasteiger partial charge in [0, 0.05) is 12.4 Å². The summed E-state index contributed by atoms with van der Waals surface area (Å²) in [5.41, 5.74) is 0. The molecule has 60 valence electrons. The van der Waals surface area contributed by atoms with Crippen LogP contribution in [-0.2, 0) is 0 Å². The highest BCUT2D eigenvalue weighted by molar-refractivity contribution is 6.17. The van der Waals surface area contributed by atoms with Gasteiger partial charge in [0.15, 0.2) is 0 Å². The molecule has 0 saturated carbocycles. The normalized spacial score (nSPS) is 15.3. The predicted molar refractivity (Wildman–Crippen MR) is 47.8 cm³/mol. The SMILES string of the molecule is C1=NC(Oc2ccccc2)N=C1. The Hall–Kier alpha value is -1.64. The van der Waals surface area contributed by atoms with E-state index in [-0.39, 0.29) is 6.35 Å². The van der Waals surface area contributed by atoms with Crippen LogP contribution in [0.5, 0.6) is 5.75 Å². The van der Waals surface area contributed by atoms with E-state index in [1.807, 2.05) is 30.3 Å². The van der Waals surface area contributed by atoms with Crippen molar-refractivity contribution in [2.45, 2.75) is 6.35 Å². The summed E-state index contributed by atoms with van der Waals surface area (Å²) in [5.74, 6) is 0.790. The molecule has 0 aromatic heterocycles. The molecule has 0 fully saturated rings. The summed E-state index contributed by atoms with van der Waals surface area (Å²) in [6, 6.07) is 9.52. The molecule has 0 atom stereocenters. The highest BCUT2D eigenvalue weighted by Gasteiger charge is 2.05. The first kappa shape index (κ1) is 7.03. The third-order valence-corrected chi connectivity index (χ3v) is 1.48.